The molecular weight excluding hydrogens is 328 g/mol. The lowest BCUT2D eigenvalue weighted by molar-refractivity contribution is -0.128. The molecule has 2 aliphatic rings. The van der Waals surface area contributed by atoms with Crippen LogP contribution < -0.4 is 10.9 Å². The summed E-state index contributed by atoms with van der Waals surface area (Å²) in [5.41, 5.74) is 0.518. The van der Waals surface area contributed by atoms with E-state index in [0.717, 1.165) is 13.0 Å². The van der Waals surface area contributed by atoms with Gasteiger partial charge >= 0.3 is 0 Å². The molecule has 1 aliphatic carbocycles. The van der Waals surface area contributed by atoms with E-state index in [9.17, 15) is 9.59 Å². The molecular formula is C16H20N4O3S. The van der Waals surface area contributed by atoms with Crippen LogP contribution in [0.5, 0.6) is 0 Å². The summed E-state index contributed by atoms with van der Waals surface area (Å²) >= 11 is 1.35. The van der Waals surface area contributed by atoms with Gasteiger partial charge in [0.15, 0.2) is 0 Å². The minimum Gasteiger partial charge on any atom is -0.376 e. The zero-order chi connectivity index (χ0) is 16.8. The van der Waals surface area contributed by atoms with Gasteiger partial charge in [0.1, 0.15) is 11.2 Å². The lowest BCUT2D eigenvalue weighted by Gasteiger charge is -2.50. The summed E-state index contributed by atoms with van der Waals surface area (Å²) in [4.78, 5) is 31.1. The Balaban J connectivity index is 1.48. The number of amides is 1. The van der Waals surface area contributed by atoms with Crippen LogP contribution in [0.25, 0.3) is 10.2 Å². The van der Waals surface area contributed by atoms with E-state index in [4.69, 9.17) is 4.74 Å². The van der Waals surface area contributed by atoms with Crippen LogP contribution in [0.4, 0.5) is 0 Å². The zero-order valence-corrected chi connectivity index (χ0v) is 14.5. The summed E-state index contributed by atoms with van der Waals surface area (Å²) < 4.78 is 7.72. The Morgan fingerprint density at radius 1 is 1.54 bits per heavy atom. The molecule has 2 aromatic heterocycles. The number of thiophene rings is 1. The van der Waals surface area contributed by atoms with Gasteiger partial charge < -0.3 is 15.0 Å². The van der Waals surface area contributed by atoms with Crippen LogP contribution in [0.3, 0.4) is 0 Å². The molecule has 7 nitrogen and oxygen atoms in total. The van der Waals surface area contributed by atoms with Crippen molar-refractivity contribution in [2.75, 3.05) is 20.7 Å². The largest absolute Gasteiger partial charge is 0.376 e. The Kier molecular flexibility index (Phi) is 3.90. The van der Waals surface area contributed by atoms with Crippen molar-refractivity contribution in [3.05, 3.63) is 28.1 Å². The molecule has 4 rings (SSSR count). The molecule has 8 heteroatoms. The van der Waals surface area contributed by atoms with Gasteiger partial charge in [-0.05, 0) is 32.0 Å². The van der Waals surface area contributed by atoms with Gasteiger partial charge in [-0.3, -0.25) is 14.2 Å². The van der Waals surface area contributed by atoms with Gasteiger partial charge in [-0.1, -0.05) is 0 Å². The van der Waals surface area contributed by atoms with E-state index < -0.39 is 0 Å². The highest BCUT2D eigenvalue weighted by Gasteiger charge is 2.55. The molecule has 0 bridgehead atoms. The maximum Gasteiger partial charge on any atom is 0.271 e. The minimum absolute atomic E-state index is 0.00539. The first-order valence-electron chi connectivity index (χ1n) is 8.06. The Hall–Kier alpha value is -1.77. The van der Waals surface area contributed by atoms with Crippen LogP contribution in [0.2, 0.25) is 0 Å². The second kappa shape index (κ2) is 5.94. The highest BCUT2D eigenvalue weighted by Crippen LogP contribution is 2.41. The molecule has 1 aliphatic heterocycles. The Morgan fingerprint density at radius 3 is 3.17 bits per heavy atom. The number of ether oxygens (including phenoxy) is 1. The number of carbonyl (C=O) groups is 1. The van der Waals surface area contributed by atoms with Gasteiger partial charge in [-0.25, -0.2) is 4.98 Å². The van der Waals surface area contributed by atoms with E-state index in [-0.39, 0.29) is 36.2 Å². The molecule has 0 aromatic carbocycles. The molecule has 2 aromatic rings. The monoisotopic (exact) mass is 348 g/mol. The second-order valence-electron chi connectivity index (χ2n) is 6.65. The molecule has 1 saturated carbocycles. The average molecular weight is 348 g/mol. The summed E-state index contributed by atoms with van der Waals surface area (Å²) in [7, 11) is 4.00. The van der Waals surface area contributed by atoms with Crippen LogP contribution in [0, 0.1) is 5.92 Å². The fourth-order valence-corrected chi connectivity index (χ4v) is 4.65. The summed E-state index contributed by atoms with van der Waals surface area (Å²) in [5, 5.41) is 4.93. The van der Waals surface area contributed by atoms with Crippen LogP contribution in [0.15, 0.2) is 22.6 Å². The van der Waals surface area contributed by atoms with Gasteiger partial charge in [0.25, 0.3) is 5.56 Å². The van der Waals surface area contributed by atoms with E-state index in [1.807, 2.05) is 25.5 Å². The molecule has 0 unspecified atom stereocenters. The topological polar surface area (TPSA) is 76.5 Å². The van der Waals surface area contributed by atoms with Crippen molar-refractivity contribution >= 4 is 27.5 Å². The molecule has 0 radical (unpaired) electrons. The standard InChI is InChI=1S/C16H20N4O3S/c1-19(2)13-12(9-3-5-23-14(9)13)18-11(21)7-20-8-17-10-4-6-24-15(10)16(20)22/h4,6,8-9,12-14H,3,5,7H2,1-2H3,(H,18,21)/t9-,12+,13-,14-/m1/s1. The van der Waals surface area contributed by atoms with E-state index in [1.54, 1.807) is 0 Å². The van der Waals surface area contributed by atoms with E-state index in [0.29, 0.717) is 16.1 Å². The zero-order valence-electron chi connectivity index (χ0n) is 13.6. The number of carbonyl (C=O) groups excluding carboxylic acids is 1. The van der Waals surface area contributed by atoms with Crippen LogP contribution >= 0.6 is 11.3 Å². The first-order chi connectivity index (χ1) is 11.6. The third kappa shape index (κ3) is 2.45. The number of hydrogen-bond donors (Lipinski definition) is 1. The lowest BCUT2D eigenvalue weighted by Crippen LogP contribution is -2.69. The fourth-order valence-electron chi connectivity index (χ4n) is 3.86. The van der Waals surface area contributed by atoms with Crippen molar-refractivity contribution in [3.8, 4) is 0 Å². The van der Waals surface area contributed by atoms with Crippen molar-refractivity contribution in [1.29, 1.82) is 0 Å². The van der Waals surface area contributed by atoms with Crippen molar-refractivity contribution in [2.45, 2.75) is 31.2 Å². The van der Waals surface area contributed by atoms with Gasteiger partial charge in [0, 0.05) is 12.5 Å². The molecule has 3 heterocycles. The highest BCUT2D eigenvalue weighted by atomic mass is 32.1. The number of rotatable bonds is 4. The fraction of sp³-hybridized carbons (Fsp3) is 0.562. The predicted octanol–water partition coefficient (Wildman–Crippen LogP) is 0.292. The molecule has 1 amide bonds. The second-order valence-corrected chi connectivity index (χ2v) is 7.56. The maximum absolute atomic E-state index is 12.4. The summed E-state index contributed by atoms with van der Waals surface area (Å²) in [6.07, 6.45) is 2.63. The molecule has 1 saturated heterocycles. The van der Waals surface area contributed by atoms with Crippen molar-refractivity contribution in [1.82, 2.24) is 19.8 Å². The van der Waals surface area contributed by atoms with Gasteiger partial charge in [0.05, 0.1) is 30.0 Å². The normalized spacial score (nSPS) is 28.8. The van der Waals surface area contributed by atoms with Gasteiger partial charge in [0.2, 0.25) is 5.91 Å². The van der Waals surface area contributed by atoms with E-state index in [1.165, 1.54) is 22.2 Å². The molecule has 0 spiro atoms. The summed E-state index contributed by atoms with van der Waals surface area (Å²) in [6, 6.07) is 2.08. The summed E-state index contributed by atoms with van der Waals surface area (Å²) in [6.45, 7) is 0.749. The number of aromatic nitrogens is 2. The quantitative estimate of drug-likeness (QED) is 0.860. The SMILES string of the molecule is CN(C)[C@@H]1[C@@H](NC(=O)Cn2cnc3ccsc3c2=O)[C@H]2CCO[C@H]21. The number of fused-ring (bicyclic) bond motifs is 2. The van der Waals surface area contributed by atoms with Crippen LogP contribution in [0.1, 0.15) is 6.42 Å². The molecule has 2 fully saturated rings. The van der Waals surface area contributed by atoms with Crippen molar-refractivity contribution in [2.24, 2.45) is 5.92 Å². The number of nitrogens with zero attached hydrogens (tertiary/aromatic N) is 3. The third-order valence-corrected chi connectivity index (χ3v) is 5.91. The Labute approximate surface area is 143 Å². The lowest BCUT2D eigenvalue weighted by atomic mass is 9.71. The Morgan fingerprint density at radius 2 is 2.38 bits per heavy atom. The first kappa shape index (κ1) is 15.7. The number of nitrogens with one attached hydrogen (secondary N) is 1. The first-order valence-corrected chi connectivity index (χ1v) is 8.94. The smallest absolute Gasteiger partial charge is 0.271 e. The third-order valence-electron chi connectivity index (χ3n) is 5.02. The number of hydrogen-bond acceptors (Lipinski definition) is 6. The predicted molar refractivity (Wildman–Crippen MR) is 91.1 cm³/mol. The maximum atomic E-state index is 12.4. The van der Waals surface area contributed by atoms with Crippen molar-refractivity contribution < 1.29 is 9.53 Å². The van der Waals surface area contributed by atoms with Crippen molar-refractivity contribution in [3.63, 3.8) is 0 Å². The Bertz CT molecular complexity index is 830. The molecule has 24 heavy (non-hydrogen) atoms. The van der Waals surface area contributed by atoms with E-state index >= 15 is 0 Å². The molecule has 128 valence electrons. The van der Waals surface area contributed by atoms with E-state index in [2.05, 4.69) is 15.2 Å². The minimum atomic E-state index is -0.162. The molecule has 1 N–H and O–H groups in total. The number of likely N-dealkylation sites (N-methyl/N-ethyl adjacent to an activating group) is 1. The molecule has 4 atom stereocenters. The van der Waals surface area contributed by atoms with Gasteiger partial charge in [-0.15, -0.1) is 11.3 Å². The highest BCUT2D eigenvalue weighted by molar-refractivity contribution is 7.17. The summed E-state index contributed by atoms with van der Waals surface area (Å²) in [5.74, 6) is 0.216. The van der Waals surface area contributed by atoms with Gasteiger partial charge in [-0.2, -0.15) is 0 Å². The van der Waals surface area contributed by atoms with Crippen LogP contribution in [-0.2, 0) is 16.1 Å². The average Bonchev–Trinajstić information content (AvgIpc) is 3.15. The van der Waals surface area contributed by atoms with Crippen LogP contribution in [-0.4, -0.2) is 59.2 Å².